The smallest absolute Gasteiger partial charge is 0.475 e. The van der Waals surface area contributed by atoms with Crippen LogP contribution in [0.3, 0.4) is 0 Å². The third-order valence-corrected chi connectivity index (χ3v) is 12.7. The molecule has 0 radical (unpaired) electrons. The predicted molar refractivity (Wildman–Crippen MR) is 285 cm³/mol. The fourth-order valence-electron chi connectivity index (χ4n) is 8.28. The van der Waals surface area contributed by atoms with Crippen LogP contribution in [0.4, 0.5) is 13.2 Å². The zero-order chi connectivity index (χ0) is 53.9. The molecule has 0 aliphatic carbocycles. The second-order valence-electron chi connectivity index (χ2n) is 19.5. The largest absolute Gasteiger partial charge is 0.490 e. The molecular formula is C54H103F3N8O7. The number of amides is 5. The molecule has 0 aliphatic rings. The first-order chi connectivity index (χ1) is 34.5. The van der Waals surface area contributed by atoms with Crippen molar-refractivity contribution in [3.05, 3.63) is 0 Å². The average Bonchev–Trinajstić information content (AvgIpc) is 3.33. The van der Waals surface area contributed by atoms with Crippen molar-refractivity contribution in [3.8, 4) is 0 Å². The minimum absolute atomic E-state index is 0.0355. The Morgan fingerprint density at radius 3 is 1.12 bits per heavy atom. The third kappa shape index (κ3) is 50.8. The van der Waals surface area contributed by atoms with Crippen molar-refractivity contribution in [2.24, 2.45) is 22.2 Å². The van der Waals surface area contributed by atoms with E-state index in [2.05, 4.69) is 34.8 Å². The summed E-state index contributed by atoms with van der Waals surface area (Å²) in [5, 5.41) is 15.8. The standard InChI is InChI=1S/C52H102N8O5.C2HF3O2/c1-3-5-7-9-11-13-15-17-19-21-23-25-27-29-31-37-47(61)56-42-34-44-60(50(64)40-39-49(63)59-46(51(53)65)36-33-41-58-52(54)55)45-35-43-57-48(62)38-32-30-28-26-24-22-20-18-16-14-12-10-8-6-4-2;3-2(4,5)1(6)7/h46H,3-45H2,1-2H3,(H2,53,65)(H,56,61)(H,57,62)(H,59,63)(H4,54,55,58);(H,6,7)/t46-;/m0./s1. The summed E-state index contributed by atoms with van der Waals surface area (Å²) in [5.41, 5.74) is 16.2. The van der Waals surface area contributed by atoms with E-state index < -0.39 is 30.0 Å². The maximum atomic E-state index is 13.4. The van der Waals surface area contributed by atoms with E-state index in [1.807, 2.05) is 0 Å². The molecular weight excluding hydrogens is 930 g/mol. The van der Waals surface area contributed by atoms with Crippen molar-refractivity contribution in [1.82, 2.24) is 20.9 Å². The molecule has 18 heteroatoms. The monoisotopic (exact) mass is 1030 g/mol. The molecule has 422 valence electrons. The van der Waals surface area contributed by atoms with Gasteiger partial charge in [-0.3, -0.25) is 29.0 Å². The summed E-state index contributed by atoms with van der Waals surface area (Å²) in [6.07, 6.45) is 36.2. The average molecular weight is 1030 g/mol. The van der Waals surface area contributed by atoms with Crippen molar-refractivity contribution in [2.45, 2.75) is 270 Å². The number of aliphatic imine (C=N–C) groups is 1. The van der Waals surface area contributed by atoms with E-state index in [0.29, 0.717) is 64.8 Å². The Morgan fingerprint density at radius 2 is 0.819 bits per heavy atom. The highest BCUT2D eigenvalue weighted by Gasteiger charge is 2.38. The molecule has 0 aliphatic heterocycles. The summed E-state index contributed by atoms with van der Waals surface area (Å²) in [6, 6.07) is -0.890. The van der Waals surface area contributed by atoms with Gasteiger partial charge in [0, 0.05) is 58.4 Å². The van der Waals surface area contributed by atoms with Gasteiger partial charge in [-0.05, 0) is 38.5 Å². The Bertz CT molecular complexity index is 1350. The van der Waals surface area contributed by atoms with E-state index in [4.69, 9.17) is 27.1 Å². The lowest BCUT2D eigenvalue weighted by Gasteiger charge is -2.23. The van der Waals surface area contributed by atoms with Gasteiger partial charge in [-0.1, -0.05) is 194 Å². The van der Waals surface area contributed by atoms with Crippen LogP contribution in [-0.2, 0) is 28.8 Å². The second-order valence-corrected chi connectivity index (χ2v) is 19.5. The molecule has 10 N–H and O–H groups in total. The van der Waals surface area contributed by atoms with Crippen LogP contribution in [0.15, 0.2) is 4.99 Å². The molecule has 0 bridgehead atoms. The van der Waals surface area contributed by atoms with Crippen molar-refractivity contribution in [1.29, 1.82) is 0 Å². The Kier molecular flexibility index (Phi) is 49.0. The number of primary amides is 1. The molecule has 15 nitrogen and oxygen atoms in total. The van der Waals surface area contributed by atoms with E-state index in [1.165, 1.54) is 167 Å². The van der Waals surface area contributed by atoms with Crippen LogP contribution in [-0.4, -0.2) is 96.4 Å². The van der Waals surface area contributed by atoms with E-state index in [-0.39, 0.29) is 42.9 Å². The number of halogens is 3. The van der Waals surface area contributed by atoms with Crippen molar-refractivity contribution < 1.29 is 47.0 Å². The van der Waals surface area contributed by atoms with Gasteiger partial charge in [0.15, 0.2) is 5.96 Å². The number of aliphatic carboxylic acids is 1. The van der Waals surface area contributed by atoms with Gasteiger partial charge in [-0.15, -0.1) is 0 Å². The first-order valence-electron chi connectivity index (χ1n) is 28.3. The molecule has 1 atom stereocenters. The van der Waals surface area contributed by atoms with Crippen LogP contribution in [0.25, 0.3) is 0 Å². The molecule has 0 saturated heterocycles. The van der Waals surface area contributed by atoms with Gasteiger partial charge in [0.05, 0.1) is 0 Å². The zero-order valence-corrected chi connectivity index (χ0v) is 45.1. The number of carbonyl (C=O) groups is 6. The first kappa shape index (κ1) is 70.0. The number of alkyl halides is 3. The molecule has 5 amide bonds. The number of carboxylic acid groups (broad SMARTS) is 1. The van der Waals surface area contributed by atoms with Crippen LogP contribution in [0, 0.1) is 0 Å². The topological polar surface area (TPSA) is 252 Å². The number of hydrogen-bond acceptors (Lipinski definition) is 7. The zero-order valence-electron chi connectivity index (χ0n) is 45.1. The Hall–Kier alpha value is -4.12. The summed E-state index contributed by atoms with van der Waals surface area (Å²) in [5.74, 6) is -4.05. The van der Waals surface area contributed by atoms with Gasteiger partial charge in [0.2, 0.25) is 29.5 Å². The predicted octanol–water partition coefficient (Wildman–Crippen LogP) is 10.8. The molecule has 0 fully saturated rings. The molecule has 0 spiro atoms. The third-order valence-electron chi connectivity index (χ3n) is 12.7. The molecule has 0 saturated carbocycles. The number of carbonyl (C=O) groups excluding carboxylic acids is 5. The lowest BCUT2D eigenvalue weighted by molar-refractivity contribution is -0.192. The van der Waals surface area contributed by atoms with Gasteiger partial charge in [-0.25, -0.2) is 4.79 Å². The summed E-state index contributed by atoms with van der Waals surface area (Å²) in [6.45, 7) is 6.58. The normalized spacial score (nSPS) is 11.5. The lowest BCUT2D eigenvalue weighted by atomic mass is 10.0. The minimum Gasteiger partial charge on any atom is -0.475 e. The Balaban J connectivity index is 0. The number of nitrogens with one attached hydrogen (secondary N) is 3. The summed E-state index contributed by atoms with van der Waals surface area (Å²) < 4.78 is 31.7. The Morgan fingerprint density at radius 1 is 0.486 bits per heavy atom. The molecule has 0 unspecified atom stereocenters. The summed E-state index contributed by atoms with van der Waals surface area (Å²) in [4.78, 5) is 77.7. The van der Waals surface area contributed by atoms with Gasteiger partial charge >= 0.3 is 12.1 Å². The second kappa shape index (κ2) is 50.4. The van der Waals surface area contributed by atoms with Gasteiger partial charge in [0.25, 0.3) is 0 Å². The number of unbranched alkanes of at least 4 members (excludes halogenated alkanes) is 28. The van der Waals surface area contributed by atoms with E-state index >= 15 is 0 Å². The van der Waals surface area contributed by atoms with Crippen molar-refractivity contribution >= 4 is 41.5 Å². The van der Waals surface area contributed by atoms with Gasteiger partial charge in [0.1, 0.15) is 6.04 Å². The van der Waals surface area contributed by atoms with Crippen LogP contribution in [0.1, 0.15) is 258 Å². The number of carboxylic acids is 1. The van der Waals surface area contributed by atoms with E-state index in [0.717, 1.165) is 25.7 Å². The highest BCUT2D eigenvalue weighted by molar-refractivity contribution is 5.88. The first-order valence-corrected chi connectivity index (χ1v) is 28.3. The number of nitrogens with two attached hydrogens (primary N) is 3. The van der Waals surface area contributed by atoms with Crippen LogP contribution in [0.2, 0.25) is 0 Å². The minimum atomic E-state index is -5.08. The summed E-state index contributed by atoms with van der Waals surface area (Å²) in [7, 11) is 0. The molecule has 72 heavy (non-hydrogen) atoms. The van der Waals surface area contributed by atoms with Gasteiger partial charge < -0.3 is 43.2 Å². The highest BCUT2D eigenvalue weighted by atomic mass is 19.4. The van der Waals surface area contributed by atoms with E-state index in [1.54, 1.807) is 4.90 Å². The van der Waals surface area contributed by atoms with Crippen molar-refractivity contribution in [2.75, 3.05) is 32.7 Å². The van der Waals surface area contributed by atoms with Gasteiger partial charge in [-0.2, -0.15) is 13.2 Å². The highest BCUT2D eigenvalue weighted by Crippen LogP contribution is 2.16. The van der Waals surface area contributed by atoms with E-state index in [9.17, 15) is 37.1 Å². The fourth-order valence-corrected chi connectivity index (χ4v) is 8.28. The van der Waals surface area contributed by atoms with Crippen LogP contribution >= 0.6 is 0 Å². The number of rotatable bonds is 49. The Labute approximate surface area is 433 Å². The molecule has 0 aromatic heterocycles. The van der Waals surface area contributed by atoms with Crippen molar-refractivity contribution in [3.63, 3.8) is 0 Å². The maximum absolute atomic E-state index is 13.4. The summed E-state index contributed by atoms with van der Waals surface area (Å²) >= 11 is 0. The number of hydrogen-bond donors (Lipinski definition) is 7. The molecule has 0 aromatic carbocycles. The number of guanidine groups is 1. The van der Waals surface area contributed by atoms with Crippen LogP contribution in [0.5, 0.6) is 0 Å². The molecule has 0 heterocycles. The SMILES string of the molecule is CCCCCCCCCCCCCCCCCC(=O)NCCCN(CCCNC(=O)CCCCCCCCCCCCCCCCC)C(=O)CCC(=O)N[C@@H](CCCN=C(N)N)C(N)=O.O=C(O)C(F)(F)F. The van der Waals surface area contributed by atoms with Crippen LogP contribution < -0.4 is 33.2 Å². The fraction of sp³-hybridized carbons (Fsp3) is 0.870. The lowest BCUT2D eigenvalue weighted by Crippen LogP contribution is -2.45. The maximum Gasteiger partial charge on any atom is 0.490 e. The molecule has 0 aromatic rings. The quantitative estimate of drug-likeness (QED) is 0.0174. The number of nitrogens with zero attached hydrogens (tertiary/aromatic N) is 2. The molecule has 0 rings (SSSR count).